The number of ether oxygens (including phenoxy) is 3. The predicted octanol–water partition coefficient (Wildman–Crippen LogP) is 5.72. The molecule has 0 amide bonds. The lowest BCUT2D eigenvalue weighted by molar-refractivity contribution is -0.160. The Morgan fingerprint density at radius 3 is 2.66 bits per heavy atom. The molecule has 0 spiro atoms. The summed E-state index contributed by atoms with van der Waals surface area (Å²) in [5.74, 6) is 1.56. The SMILES string of the molecule is Cc1ncccc1Oc1cc(Sc2ccccn2)cnc1Nc1nc(C2(C)COC(C)(C)O2)ns1. The van der Waals surface area contributed by atoms with Crippen LogP contribution < -0.4 is 10.1 Å². The second kappa shape index (κ2) is 9.50. The summed E-state index contributed by atoms with van der Waals surface area (Å²) in [6, 6.07) is 11.4. The molecule has 0 bridgehead atoms. The van der Waals surface area contributed by atoms with Crippen LogP contribution in [-0.4, -0.2) is 36.7 Å². The monoisotopic (exact) mass is 508 g/mol. The largest absolute Gasteiger partial charge is 0.452 e. The van der Waals surface area contributed by atoms with Crippen LogP contribution in [0.15, 0.2) is 64.9 Å². The van der Waals surface area contributed by atoms with Gasteiger partial charge in [-0.3, -0.25) is 4.98 Å². The zero-order valence-corrected chi connectivity index (χ0v) is 21.3. The molecular formula is C24H24N6O3S2. The van der Waals surface area contributed by atoms with Crippen LogP contribution in [0.1, 0.15) is 32.3 Å². The third kappa shape index (κ3) is 5.43. The number of nitrogens with zero attached hydrogens (tertiary/aromatic N) is 5. The van der Waals surface area contributed by atoms with Gasteiger partial charge in [0.25, 0.3) is 0 Å². The molecule has 4 aromatic heterocycles. The van der Waals surface area contributed by atoms with Crippen molar-refractivity contribution in [1.82, 2.24) is 24.3 Å². The van der Waals surface area contributed by atoms with Crippen LogP contribution in [0.4, 0.5) is 10.9 Å². The van der Waals surface area contributed by atoms with Gasteiger partial charge in [0.15, 0.2) is 28.8 Å². The Hall–Kier alpha value is -3.12. The zero-order valence-electron chi connectivity index (χ0n) is 19.7. The predicted molar refractivity (Wildman–Crippen MR) is 133 cm³/mol. The van der Waals surface area contributed by atoms with Gasteiger partial charge in [-0.05, 0) is 52.0 Å². The van der Waals surface area contributed by atoms with Gasteiger partial charge in [0.1, 0.15) is 10.8 Å². The molecule has 1 N–H and O–H groups in total. The first-order valence-corrected chi connectivity index (χ1v) is 12.5. The molecule has 5 rings (SSSR count). The number of aromatic nitrogens is 5. The minimum atomic E-state index is -0.720. The number of rotatable bonds is 7. The Labute approximate surface area is 211 Å². The van der Waals surface area contributed by atoms with Crippen LogP contribution in [0, 0.1) is 6.92 Å². The molecular weight excluding hydrogens is 484 g/mol. The fourth-order valence-electron chi connectivity index (χ4n) is 3.49. The van der Waals surface area contributed by atoms with Crippen LogP contribution in [0.2, 0.25) is 0 Å². The van der Waals surface area contributed by atoms with E-state index in [-0.39, 0.29) is 0 Å². The molecule has 1 saturated heterocycles. The van der Waals surface area contributed by atoms with Crippen molar-refractivity contribution in [3.05, 3.63) is 66.5 Å². The molecule has 1 unspecified atom stereocenters. The molecule has 5 heterocycles. The van der Waals surface area contributed by atoms with Gasteiger partial charge < -0.3 is 19.5 Å². The maximum atomic E-state index is 6.24. The van der Waals surface area contributed by atoms with Crippen molar-refractivity contribution in [2.45, 2.75) is 49.0 Å². The topological polar surface area (TPSA) is 104 Å². The fraction of sp³-hybridized carbons (Fsp3) is 0.292. The summed E-state index contributed by atoms with van der Waals surface area (Å²) in [7, 11) is 0. The van der Waals surface area contributed by atoms with Gasteiger partial charge in [0.05, 0.1) is 12.3 Å². The summed E-state index contributed by atoms with van der Waals surface area (Å²) >= 11 is 2.72. The molecule has 4 aromatic rings. The summed E-state index contributed by atoms with van der Waals surface area (Å²) < 4.78 is 22.5. The van der Waals surface area contributed by atoms with Gasteiger partial charge in [-0.15, -0.1) is 0 Å². The minimum Gasteiger partial charge on any atom is -0.452 e. The molecule has 1 aliphatic rings. The average Bonchev–Trinajstić information content (AvgIpc) is 3.42. The van der Waals surface area contributed by atoms with Crippen LogP contribution in [0.25, 0.3) is 0 Å². The summed E-state index contributed by atoms with van der Waals surface area (Å²) in [6.07, 6.45) is 5.26. The van der Waals surface area contributed by atoms with Crippen molar-refractivity contribution >= 4 is 34.2 Å². The van der Waals surface area contributed by atoms with Crippen molar-refractivity contribution in [3.63, 3.8) is 0 Å². The highest BCUT2D eigenvalue weighted by Crippen LogP contribution is 2.39. The van der Waals surface area contributed by atoms with Crippen molar-refractivity contribution < 1.29 is 14.2 Å². The number of hydrogen-bond acceptors (Lipinski definition) is 11. The van der Waals surface area contributed by atoms with Crippen molar-refractivity contribution in [3.8, 4) is 11.5 Å². The summed E-state index contributed by atoms with van der Waals surface area (Å²) in [5.41, 5.74) is 0.0521. The van der Waals surface area contributed by atoms with Crippen molar-refractivity contribution in [1.29, 1.82) is 0 Å². The highest BCUT2D eigenvalue weighted by molar-refractivity contribution is 7.99. The first-order valence-electron chi connectivity index (χ1n) is 10.9. The van der Waals surface area contributed by atoms with Gasteiger partial charge in [0, 0.05) is 41.1 Å². The van der Waals surface area contributed by atoms with E-state index >= 15 is 0 Å². The lowest BCUT2D eigenvalue weighted by atomic mass is 10.1. The summed E-state index contributed by atoms with van der Waals surface area (Å²) in [5, 5.41) is 4.68. The van der Waals surface area contributed by atoms with E-state index in [4.69, 9.17) is 14.2 Å². The molecule has 0 aliphatic carbocycles. The molecule has 1 aliphatic heterocycles. The van der Waals surface area contributed by atoms with Crippen molar-refractivity contribution in [2.75, 3.05) is 11.9 Å². The molecule has 11 heteroatoms. The second-order valence-corrected chi connectivity index (χ2v) is 10.4. The maximum absolute atomic E-state index is 6.24. The highest BCUT2D eigenvalue weighted by Gasteiger charge is 2.46. The number of hydrogen-bond donors (Lipinski definition) is 1. The number of pyridine rings is 3. The first-order chi connectivity index (χ1) is 16.8. The van der Waals surface area contributed by atoms with E-state index in [0.29, 0.717) is 34.9 Å². The first kappa shape index (κ1) is 23.6. The highest BCUT2D eigenvalue weighted by atomic mass is 32.2. The standard InChI is InChI=1S/C24H24N6O3S2/c1-15-17(8-7-11-25-15)32-18-12-16(34-19-9-5-6-10-26-19)13-27-20(18)28-22-29-21(30-35-22)24(4)14-31-23(2,3)33-24/h5-13H,14H2,1-4H3,(H,27,28,29,30). The van der Waals surface area contributed by atoms with Gasteiger partial charge in [-0.2, -0.15) is 4.37 Å². The number of anilines is 2. The molecule has 0 radical (unpaired) electrons. The van der Waals surface area contributed by atoms with E-state index in [2.05, 4.69) is 29.6 Å². The average molecular weight is 509 g/mol. The Kier molecular flexibility index (Phi) is 6.41. The van der Waals surface area contributed by atoms with Crippen LogP contribution >= 0.6 is 23.3 Å². The molecule has 9 nitrogen and oxygen atoms in total. The van der Waals surface area contributed by atoms with Gasteiger partial charge in [-0.1, -0.05) is 17.8 Å². The van der Waals surface area contributed by atoms with Crippen LogP contribution in [0.3, 0.4) is 0 Å². The Morgan fingerprint density at radius 2 is 1.91 bits per heavy atom. The Balaban J connectivity index is 1.43. The van der Waals surface area contributed by atoms with Gasteiger partial charge in [0.2, 0.25) is 5.13 Å². The van der Waals surface area contributed by atoms with E-state index in [0.717, 1.165) is 15.6 Å². The second-order valence-electron chi connectivity index (χ2n) is 8.55. The van der Waals surface area contributed by atoms with E-state index in [9.17, 15) is 0 Å². The van der Waals surface area contributed by atoms with Crippen LogP contribution in [-0.2, 0) is 15.1 Å². The molecule has 180 valence electrons. The molecule has 1 fully saturated rings. The molecule has 0 aromatic carbocycles. The van der Waals surface area contributed by atoms with E-state index in [1.807, 2.05) is 64.1 Å². The maximum Gasteiger partial charge on any atom is 0.208 e. The van der Waals surface area contributed by atoms with E-state index < -0.39 is 11.4 Å². The van der Waals surface area contributed by atoms with Crippen LogP contribution in [0.5, 0.6) is 11.5 Å². The summed E-state index contributed by atoms with van der Waals surface area (Å²) in [4.78, 5) is 18.9. The Bertz CT molecular complexity index is 1330. The number of aryl methyl sites for hydroxylation is 1. The third-order valence-electron chi connectivity index (χ3n) is 5.16. The Morgan fingerprint density at radius 1 is 1.06 bits per heavy atom. The molecule has 1 atom stereocenters. The van der Waals surface area contributed by atoms with E-state index in [1.165, 1.54) is 23.3 Å². The summed E-state index contributed by atoms with van der Waals surface area (Å²) in [6.45, 7) is 7.95. The van der Waals surface area contributed by atoms with Crippen molar-refractivity contribution in [2.24, 2.45) is 0 Å². The number of nitrogens with one attached hydrogen (secondary N) is 1. The van der Waals surface area contributed by atoms with E-state index in [1.54, 1.807) is 18.6 Å². The third-order valence-corrected chi connectivity index (χ3v) is 6.70. The lowest BCUT2D eigenvalue weighted by Gasteiger charge is -2.22. The van der Waals surface area contributed by atoms with Gasteiger partial charge >= 0.3 is 0 Å². The molecule has 35 heavy (non-hydrogen) atoms. The smallest absolute Gasteiger partial charge is 0.208 e. The quantitative estimate of drug-likeness (QED) is 0.333. The fourth-order valence-corrected chi connectivity index (χ4v) is 4.94. The normalized spacial score (nSPS) is 19.0. The van der Waals surface area contributed by atoms with Gasteiger partial charge in [-0.25, -0.2) is 15.0 Å². The minimum absolute atomic E-state index is 0.377. The lowest BCUT2D eigenvalue weighted by Crippen LogP contribution is -2.29. The zero-order chi connectivity index (χ0) is 24.5. The molecule has 0 saturated carbocycles.